The number of amides is 1. The Labute approximate surface area is 127 Å². The number of carboxylic acid groups (broad SMARTS) is 1. The van der Waals surface area contributed by atoms with Gasteiger partial charge in [-0.3, -0.25) is 4.79 Å². The lowest BCUT2D eigenvalue weighted by molar-refractivity contribution is -0.141. The topological polar surface area (TPSA) is 110 Å². The highest BCUT2D eigenvalue weighted by Gasteiger charge is 2.18. The van der Waals surface area contributed by atoms with Gasteiger partial charge in [-0.05, 0) is 34.5 Å². The van der Waals surface area contributed by atoms with E-state index in [1.807, 2.05) is 6.92 Å². The lowest BCUT2D eigenvalue weighted by atomic mass is 10.1. The van der Waals surface area contributed by atoms with Crippen LogP contribution in [0.5, 0.6) is 0 Å². The van der Waals surface area contributed by atoms with Crippen LogP contribution in [0.1, 0.15) is 25.3 Å². The third-order valence-electron chi connectivity index (χ3n) is 3.13. The van der Waals surface area contributed by atoms with E-state index in [9.17, 15) is 9.59 Å². The van der Waals surface area contributed by atoms with E-state index in [-0.39, 0.29) is 12.3 Å². The lowest BCUT2D eigenvalue weighted by Crippen LogP contribution is -2.41. The molecule has 0 aliphatic heterocycles. The Morgan fingerprint density at radius 3 is 2.59 bits per heavy atom. The van der Waals surface area contributed by atoms with Crippen molar-refractivity contribution < 1.29 is 14.7 Å². The zero-order chi connectivity index (χ0) is 15.9. The van der Waals surface area contributed by atoms with Gasteiger partial charge in [0, 0.05) is 0 Å². The molecule has 2 aromatic rings. The van der Waals surface area contributed by atoms with Crippen LogP contribution in [0.25, 0.3) is 5.69 Å². The number of aliphatic carboxylic acids is 1. The first-order valence-electron chi connectivity index (χ1n) is 6.94. The first-order valence-corrected chi connectivity index (χ1v) is 6.94. The summed E-state index contributed by atoms with van der Waals surface area (Å²) in [6, 6.07) is 6.32. The number of rotatable bonds is 7. The van der Waals surface area contributed by atoms with E-state index in [4.69, 9.17) is 5.11 Å². The van der Waals surface area contributed by atoms with Crippen LogP contribution in [0.15, 0.2) is 30.6 Å². The van der Waals surface area contributed by atoms with Crippen molar-refractivity contribution in [2.45, 2.75) is 32.2 Å². The van der Waals surface area contributed by atoms with Crippen molar-refractivity contribution in [1.82, 2.24) is 25.5 Å². The molecule has 0 saturated heterocycles. The summed E-state index contributed by atoms with van der Waals surface area (Å²) < 4.78 is 1.51. The average molecular weight is 303 g/mol. The van der Waals surface area contributed by atoms with Crippen LogP contribution in [-0.4, -0.2) is 43.2 Å². The number of carbonyl (C=O) groups is 2. The number of benzene rings is 1. The van der Waals surface area contributed by atoms with Gasteiger partial charge in [0.2, 0.25) is 5.91 Å². The minimum atomic E-state index is -1.01. The highest BCUT2D eigenvalue weighted by molar-refractivity contribution is 5.84. The largest absolute Gasteiger partial charge is 0.480 e. The molecule has 0 aliphatic rings. The summed E-state index contributed by atoms with van der Waals surface area (Å²) in [5, 5.41) is 22.4. The van der Waals surface area contributed by atoms with E-state index in [1.54, 1.807) is 24.3 Å². The molecule has 8 heteroatoms. The van der Waals surface area contributed by atoms with Crippen molar-refractivity contribution in [1.29, 1.82) is 0 Å². The summed E-state index contributed by atoms with van der Waals surface area (Å²) in [5.41, 5.74) is 1.57. The van der Waals surface area contributed by atoms with Crippen molar-refractivity contribution in [3.8, 4) is 5.69 Å². The standard InChI is InChI=1S/C14H17N5O3/c1-2-3-12(14(21)22)16-13(20)8-10-4-6-11(7-5-10)19-9-15-17-18-19/h4-7,9,12H,2-3,8H2,1H3,(H,16,20)(H,21,22). The van der Waals surface area contributed by atoms with Gasteiger partial charge in [-0.1, -0.05) is 25.5 Å². The van der Waals surface area contributed by atoms with Crippen molar-refractivity contribution in [2.75, 3.05) is 0 Å². The van der Waals surface area contributed by atoms with Crippen LogP contribution >= 0.6 is 0 Å². The highest BCUT2D eigenvalue weighted by atomic mass is 16.4. The molecule has 1 aromatic carbocycles. The van der Waals surface area contributed by atoms with Gasteiger partial charge in [0.05, 0.1) is 12.1 Å². The molecule has 2 rings (SSSR count). The summed E-state index contributed by atoms with van der Waals surface area (Å²) in [6.45, 7) is 1.87. The third kappa shape index (κ3) is 4.11. The molecule has 0 spiro atoms. The van der Waals surface area contributed by atoms with Crippen LogP contribution in [0.4, 0.5) is 0 Å². The summed E-state index contributed by atoms with van der Waals surface area (Å²) in [7, 11) is 0. The van der Waals surface area contributed by atoms with E-state index in [2.05, 4.69) is 20.8 Å². The van der Waals surface area contributed by atoms with E-state index < -0.39 is 12.0 Å². The molecular formula is C14H17N5O3. The Bertz CT molecular complexity index is 624. The Morgan fingerprint density at radius 1 is 1.32 bits per heavy atom. The van der Waals surface area contributed by atoms with Gasteiger partial charge in [-0.25, -0.2) is 9.48 Å². The first kappa shape index (κ1) is 15.6. The van der Waals surface area contributed by atoms with Gasteiger partial charge in [0.15, 0.2) is 0 Å². The maximum Gasteiger partial charge on any atom is 0.326 e. The van der Waals surface area contributed by atoms with Gasteiger partial charge in [-0.15, -0.1) is 5.10 Å². The number of nitrogens with one attached hydrogen (secondary N) is 1. The molecular weight excluding hydrogens is 286 g/mol. The second kappa shape index (κ2) is 7.30. The number of nitrogens with zero attached hydrogens (tertiary/aromatic N) is 4. The molecule has 0 fully saturated rings. The Morgan fingerprint density at radius 2 is 2.05 bits per heavy atom. The Kier molecular flexibility index (Phi) is 5.18. The van der Waals surface area contributed by atoms with Crippen LogP contribution in [0.2, 0.25) is 0 Å². The van der Waals surface area contributed by atoms with Crippen LogP contribution in [0.3, 0.4) is 0 Å². The zero-order valence-electron chi connectivity index (χ0n) is 12.1. The molecule has 0 aliphatic carbocycles. The summed E-state index contributed by atoms with van der Waals surface area (Å²) in [4.78, 5) is 22.9. The van der Waals surface area contributed by atoms with Crippen molar-refractivity contribution in [3.63, 3.8) is 0 Å². The van der Waals surface area contributed by atoms with E-state index >= 15 is 0 Å². The fourth-order valence-corrected chi connectivity index (χ4v) is 2.02. The van der Waals surface area contributed by atoms with Crippen molar-refractivity contribution >= 4 is 11.9 Å². The van der Waals surface area contributed by atoms with E-state index in [0.717, 1.165) is 11.3 Å². The molecule has 0 bridgehead atoms. The Balaban J connectivity index is 1.95. The predicted molar refractivity (Wildman–Crippen MR) is 77.3 cm³/mol. The summed E-state index contributed by atoms with van der Waals surface area (Å²) in [6.07, 6.45) is 2.71. The molecule has 22 heavy (non-hydrogen) atoms. The molecule has 2 N–H and O–H groups in total. The van der Waals surface area contributed by atoms with Gasteiger partial charge < -0.3 is 10.4 Å². The van der Waals surface area contributed by atoms with Crippen molar-refractivity contribution in [3.05, 3.63) is 36.2 Å². The minimum absolute atomic E-state index is 0.128. The molecule has 8 nitrogen and oxygen atoms in total. The van der Waals surface area contributed by atoms with Crippen LogP contribution in [-0.2, 0) is 16.0 Å². The smallest absolute Gasteiger partial charge is 0.326 e. The molecule has 0 saturated carbocycles. The minimum Gasteiger partial charge on any atom is -0.480 e. The number of tetrazole rings is 1. The van der Waals surface area contributed by atoms with Crippen molar-refractivity contribution in [2.24, 2.45) is 0 Å². The molecule has 1 heterocycles. The SMILES string of the molecule is CCCC(NC(=O)Cc1ccc(-n2cnnn2)cc1)C(=O)O. The van der Waals surface area contributed by atoms with Crippen LogP contribution < -0.4 is 5.32 Å². The second-order valence-electron chi connectivity index (χ2n) is 4.84. The maximum absolute atomic E-state index is 11.9. The number of aromatic nitrogens is 4. The normalized spacial score (nSPS) is 11.9. The summed E-state index contributed by atoms with van der Waals surface area (Å²) in [5.74, 6) is -1.32. The number of carbonyl (C=O) groups excluding carboxylic acids is 1. The molecule has 116 valence electrons. The molecule has 1 atom stereocenters. The molecule has 1 aromatic heterocycles. The lowest BCUT2D eigenvalue weighted by Gasteiger charge is -2.13. The fourth-order valence-electron chi connectivity index (χ4n) is 2.02. The number of hydrogen-bond donors (Lipinski definition) is 2. The average Bonchev–Trinajstić information content (AvgIpc) is 3.01. The molecule has 0 radical (unpaired) electrons. The van der Waals surface area contributed by atoms with E-state index in [0.29, 0.717) is 12.8 Å². The fraction of sp³-hybridized carbons (Fsp3) is 0.357. The molecule has 1 unspecified atom stereocenters. The highest BCUT2D eigenvalue weighted by Crippen LogP contribution is 2.08. The van der Waals surface area contributed by atoms with Gasteiger partial charge in [0.25, 0.3) is 0 Å². The van der Waals surface area contributed by atoms with E-state index in [1.165, 1.54) is 11.0 Å². The van der Waals surface area contributed by atoms with Crippen LogP contribution in [0, 0.1) is 0 Å². The Hall–Kier alpha value is -2.77. The van der Waals surface area contributed by atoms with Gasteiger partial charge in [-0.2, -0.15) is 0 Å². The first-order chi connectivity index (χ1) is 10.6. The maximum atomic E-state index is 11.9. The predicted octanol–water partition coefficient (Wildman–Crippen LogP) is 0.574. The van der Waals surface area contributed by atoms with Gasteiger partial charge >= 0.3 is 5.97 Å². The number of carboxylic acids is 1. The summed E-state index contributed by atoms with van der Waals surface area (Å²) >= 11 is 0. The third-order valence-corrected chi connectivity index (χ3v) is 3.13. The molecule has 1 amide bonds. The monoisotopic (exact) mass is 303 g/mol. The second-order valence-corrected chi connectivity index (χ2v) is 4.84. The number of hydrogen-bond acceptors (Lipinski definition) is 5. The zero-order valence-corrected chi connectivity index (χ0v) is 12.1. The quantitative estimate of drug-likeness (QED) is 0.774. The van der Waals surface area contributed by atoms with Gasteiger partial charge in [0.1, 0.15) is 12.4 Å².